The van der Waals surface area contributed by atoms with E-state index in [1.165, 1.54) is 6.42 Å². The standard InChI is InChI=1S/C22H28N4O2/c1-2-7-21(27)25-18-9-10-20(26-12-4-3-5-13-26)19(14-18)22(28)24-16-17-8-6-11-23-15-17/h6,8-11,14-15H,2-5,7,12-13,16H2,1H3,(H,24,28)(H,25,27). The highest BCUT2D eigenvalue weighted by Gasteiger charge is 2.19. The normalized spacial score (nSPS) is 13.8. The molecule has 0 bridgehead atoms. The second-order valence-electron chi connectivity index (χ2n) is 7.12. The second-order valence-corrected chi connectivity index (χ2v) is 7.12. The molecular formula is C22H28N4O2. The Hall–Kier alpha value is -2.89. The predicted molar refractivity (Wildman–Crippen MR) is 111 cm³/mol. The van der Waals surface area contributed by atoms with E-state index in [2.05, 4.69) is 20.5 Å². The van der Waals surface area contributed by atoms with Crippen LogP contribution in [0.5, 0.6) is 0 Å². The molecule has 0 atom stereocenters. The van der Waals surface area contributed by atoms with Crippen LogP contribution in [0.4, 0.5) is 11.4 Å². The summed E-state index contributed by atoms with van der Waals surface area (Å²) in [5.41, 5.74) is 3.13. The van der Waals surface area contributed by atoms with Gasteiger partial charge < -0.3 is 15.5 Å². The maximum atomic E-state index is 13.0. The van der Waals surface area contributed by atoms with E-state index in [1.54, 1.807) is 18.5 Å². The molecule has 148 valence electrons. The smallest absolute Gasteiger partial charge is 0.253 e. The van der Waals surface area contributed by atoms with Crippen LogP contribution in [0.2, 0.25) is 0 Å². The van der Waals surface area contributed by atoms with Crippen molar-refractivity contribution in [3.8, 4) is 0 Å². The van der Waals surface area contributed by atoms with E-state index in [0.717, 1.165) is 43.6 Å². The number of aromatic nitrogens is 1. The molecule has 0 aliphatic carbocycles. The molecule has 1 aliphatic rings. The Morgan fingerprint density at radius 2 is 1.96 bits per heavy atom. The van der Waals surface area contributed by atoms with Gasteiger partial charge in [0.15, 0.2) is 0 Å². The van der Waals surface area contributed by atoms with Gasteiger partial charge in [0.25, 0.3) is 5.91 Å². The molecule has 3 rings (SSSR count). The van der Waals surface area contributed by atoms with E-state index in [4.69, 9.17) is 0 Å². The lowest BCUT2D eigenvalue weighted by atomic mass is 10.1. The maximum absolute atomic E-state index is 13.0. The maximum Gasteiger partial charge on any atom is 0.253 e. The summed E-state index contributed by atoms with van der Waals surface area (Å²) in [7, 11) is 0. The fourth-order valence-electron chi connectivity index (χ4n) is 3.44. The van der Waals surface area contributed by atoms with Crippen molar-refractivity contribution in [1.82, 2.24) is 10.3 Å². The van der Waals surface area contributed by atoms with Gasteiger partial charge in [-0.3, -0.25) is 14.6 Å². The number of amides is 2. The van der Waals surface area contributed by atoms with Crippen molar-refractivity contribution in [1.29, 1.82) is 0 Å². The van der Waals surface area contributed by atoms with E-state index in [1.807, 2.05) is 31.2 Å². The molecule has 1 aromatic heterocycles. The van der Waals surface area contributed by atoms with Crippen molar-refractivity contribution in [2.75, 3.05) is 23.3 Å². The van der Waals surface area contributed by atoms with E-state index in [0.29, 0.717) is 24.2 Å². The van der Waals surface area contributed by atoms with Crippen LogP contribution in [-0.2, 0) is 11.3 Å². The molecule has 2 N–H and O–H groups in total. The number of carbonyl (C=O) groups excluding carboxylic acids is 2. The van der Waals surface area contributed by atoms with Gasteiger partial charge in [-0.15, -0.1) is 0 Å². The van der Waals surface area contributed by atoms with E-state index in [9.17, 15) is 9.59 Å². The minimum Gasteiger partial charge on any atom is -0.371 e. The first kappa shape index (κ1) is 19.9. The molecule has 6 heteroatoms. The van der Waals surface area contributed by atoms with Crippen molar-refractivity contribution in [3.63, 3.8) is 0 Å². The van der Waals surface area contributed by atoms with Crippen LogP contribution < -0.4 is 15.5 Å². The highest BCUT2D eigenvalue weighted by Crippen LogP contribution is 2.27. The first-order valence-corrected chi connectivity index (χ1v) is 10.0. The van der Waals surface area contributed by atoms with Gasteiger partial charge in [-0.05, 0) is 55.5 Å². The third kappa shape index (κ3) is 5.31. The fraction of sp³-hybridized carbons (Fsp3) is 0.409. The Balaban J connectivity index is 1.80. The quantitative estimate of drug-likeness (QED) is 0.767. The molecule has 1 saturated heterocycles. The molecule has 0 saturated carbocycles. The Morgan fingerprint density at radius 3 is 2.68 bits per heavy atom. The van der Waals surface area contributed by atoms with Gasteiger partial charge >= 0.3 is 0 Å². The third-order valence-electron chi connectivity index (χ3n) is 4.87. The fourth-order valence-corrected chi connectivity index (χ4v) is 3.44. The molecule has 6 nitrogen and oxygen atoms in total. The third-order valence-corrected chi connectivity index (χ3v) is 4.87. The lowest BCUT2D eigenvalue weighted by Crippen LogP contribution is -2.32. The van der Waals surface area contributed by atoms with Crippen molar-refractivity contribution in [2.24, 2.45) is 0 Å². The Labute approximate surface area is 166 Å². The minimum atomic E-state index is -0.143. The number of carbonyl (C=O) groups is 2. The molecule has 0 radical (unpaired) electrons. The number of piperidine rings is 1. The van der Waals surface area contributed by atoms with Crippen LogP contribution in [0.25, 0.3) is 0 Å². The Morgan fingerprint density at radius 1 is 1.14 bits per heavy atom. The summed E-state index contributed by atoms with van der Waals surface area (Å²) in [5.74, 6) is -0.175. The summed E-state index contributed by atoms with van der Waals surface area (Å²) >= 11 is 0. The number of hydrogen-bond acceptors (Lipinski definition) is 4. The van der Waals surface area contributed by atoms with Gasteiger partial charge in [0.2, 0.25) is 5.91 Å². The molecule has 1 fully saturated rings. The molecule has 0 unspecified atom stereocenters. The highest BCUT2D eigenvalue weighted by atomic mass is 16.2. The molecule has 0 spiro atoms. The zero-order chi connectivity index (χ0) is 19.8. The number of nitrogens with zero attached hydrogens (tertiary/aromatic N) is 2. The average molecular weight is 380 g/mol. The van der Waals surface area contributed by atoms with Crippen molar-refractivity contribution in [3.05, 3.63) is 53.9 Å². The number of benzene rings is 1. The van der Waals surface area contributed by atoms with E-state index >= 15 is 0 Å². The number of anilines is 2. The number of pyridine rings is 1. The van der Waals surface area contributed by atoms with Gasteiger partial charge in [0.1, 0.15) is 0 Å². The van der Waals surface area contributed by atoms with Gasteiger partial charge in [0, 0.05) is 49.8 Å². The number of hydrogen-bond donors (Lipinski definition) is 2. The first-order chi connectivity index (χ1) is 13.7. The van der Waals surface area contributed by atoms with Gasteiger partial charge in [-0.1, -0.05) is 13.0 Å². The lowest BCUT2D eigenvalue weighted by Gasteiger charge is -2.30. The van der Waals surface area contributed by atoms with E-state index < -0.39 is 0 Å². The molecule has 2 aromatic rings. The van der Waals surface area contributed by atoms with Crippen molar-refractivity contribution >= 4 is 23.2 Å². The zero-order valence-corrected chi connectivity index (χ0v) is 16.4. The van der Waals surface area contributed by atoms with Crippen molar-refractivity contribution in [2.45, 2.75) is 45.6 Å². The van der Waals surface area contributed by atoms with Gasteiger partial charge in [-0.2, -0.15) is 0 Å². The summed E-state index contributed by atoms with van der Waals surface area (Å²) in [6.45, 7) is 4.28. The summed E-state index contributed by atoms with van der Waals surface area (Å²) in [5, 5.41) is 5.88. The summed E-state index contributed by atoms with van der Waals surface area (Å²) in [6.07, 6.45) is 8.20. The Bertz CT molecular complexity index is 801. The van der Waals surface area contributed by atoms with Crippen LogP contribution in [0.3, 0.4) is 0 Å². The monoisotopic (exact) mass is 380 g/mol. The number of nitrogens with one attached hydrogen (secondary N) is 2. The SMILES string of the molecule is CCCC(=O)Nc1ccc(N2CCCCC2)c(C(=O)NCc2cccnc2)c1. The number of rotatable bonds is 7. The molecule has 28 heavy (non-hydrogen) atoms. The molecule has 2 amide bonds. The predicted octanol–water partition coefficient (Wildman–Crippen LogP) is 3.74. The molecular weight excluding hydrogens is 352 g/mol. The van der Waals surface area contributed by atoms with Gasteiger partial charge in [0.05, 0.1) is 5.56 Å². The summed E-state index contributed by atoms with van der Waals surface area (Å²) in [6, 6.07) is 9.40. The topological polar surface area (TPSA) is 74.3 Å². The van der Waals surface area contributed by atoms with E-state index in [-0.39, 0.29) is 11.8 Å². The molecule has 2 heterocycles. The first-order valence-electron chi connectivity index (χ1n) is 10.0. The van der Waals surface area contributed by atoms with Crippen molar-refractivity contribution < 1.29 is 9.59 Å². The largest absolute Gasteiger partial charge is 0.371 e. The van der Waals surface area contributed by atoms with Crippen LogP contribution in [-0.4, -0.2) is 29.9 Å². The zero-order valence-electron chi connectivity index (χ0n) is 16.4. The van der Waals surface area contributed by atoms with Crippen LogP contribution in [0.15, 0.2) is 42.7 Å². The minimum absolute atomic E-state index is 0.0325. The van der Waals surface area contributed by atoms with Crippen LogP contribution in [0, 0.1) is 0 Å². The average Bonchev–Trinajstić information content (AvgIpc) is 2.73. The van der Waals surface area contributed by atoms with Gasteiger partial charge in [-0.25, -0.2) is 0 Å². The summed E-state index contributed by atoms with van der Waals surface area (Å²) < 4.78 is 0. The van der Waals surface area contributed by atoms with Crippen LogP contribution in [0.1, 0.15) is 54.9 Å². The molecule has 1 aliphatic heterocycles. The summed E-state index contributed by atoms with van der Waals surface area (Å²) in [4.78, 5) is 31.3. The Kier molecular flexibility index (Phi) is 7.00. The second kappa shape index (κ2) is 9.88. The lowest BCUT2D eigenvalue weighted by molar-refractivity contribution is -0.116. The van der Waals surface area contributed by atoms with Crippen LogP contribution >= 0.6 is 0 Å². The highest BCUT2D eigenvalue weighted by molar-refractivity contribution is 6.02. The molecule has 1 aromatic carbocycles.